The van der Waals surface area contributed by atoms with Crippen LogP contribution in [0.2, 0.25) is 0 Å². The van der Waals surface area contributed by atoms with Gasteiger partial charge in [-0.05, 0) is 42.3 Å². The molecule has 2 heterocycles. The SMILES string of the molecule is COC(=O)[C@@H](Nc1nc(CN2CCN(S(=O)(=O)c3ccc(OC)cc3)CC2)nc2ccccc12)C(C)C. The first-order valence-corrected chi connectivity index (χ1v) is 13.6. The van der Waals surface area contributed by atoms with Gasteiger partial charge in [0.25, 0.3) is 0 Å². The van der Waals surface area contributed by atoms with Crippen LogP contribution in [0.25, 0.3) is 10.9 Å². The van der Waals surface area contributed by atoms with Gasteiger partial charge in [-0.2, -0.15) is 4.31 Å². The lowest BCUT2D eigenvalue weighted by molar-refractivity contribution is -0.142. The standard InChI is InChI=1S/C26H33N5O5S/c1-18(2)24(26(32)36-4)29-25-21-7-5-6-8-22(21)27-23(28-25)17-30-13-15-31(16-14-30)37(33,34)20-11-9-19(35-3)10-12-20/h5-12,18,24H,13-17H2,1-4H3,(H,27,28,29)/t24-/m0/s1. The van der Waals surface area contributed by atoms with E-state index in [0.29, 0.717) is 50.1 Å². The van der Waals surface area contributed by atoms with Gasteiger partial charge in [-0.1, -0.05) is 26.0 Å². The van der Waals surface area contributed by atoms with E-state index in [9.17, 15) is 13.2 Å². The van der Waals surface area contributed by atoms with Crippen LogP contribution in [0.5, 0.6) is 5.75 Å². The molecule has 0 bridgehead atoms. The van der Waals surface area contributed by atoms with E-state index in [2.05, 4.69) is 10.2 Å². The van der Waals surface area contributed by atoms with Crippen molar-refractivity contribution in [3.8, 4) is 5.75 Å². The zero-order chi connectivity index (χ0) is 26.6. The van der Waals surface area contributed by atoms with E-state index in [1.54, 1.807) is 31.4 Å². The van der Waals surface area contributed by atoms with Gasteiger partial charge in [0.15, 0.2) is 0 Å². The Morgan fingerprint density at radius 3 is 2.30 bits per heavy atom. The number of piperazine rings is 1. The van der Waals surface area contributed by atoms with Crippen molar-refractivity contribution >= 4 is 32.7 Å². The van der Waals surface area contributed by atoms with Crippen molar-refractivity contribution < 1.29 is 22.7 Å². The minimum absolute atomic E-state index is 0.00893. The molecule has 0 radical (unpaired) electrons. The number of hydrogen-bond donors (Lipinski definition) is 1. The summed E-state index contributed by atoms with van der Waals surface area (Å²) in [6, 6.07) is 13.5. The second-order valence-corrected chi connectivity index (χ2v) is 11.2. The summed E-state index contributed by atoms with van der Waals surface area (Å²) < 4.78 is 37.8. The number of aromatic nitrogens is 2. The molecule has 0 unspecified atom stereocenters. The van der Waals surface area contributed by atoms with Gasteiger partial charge < -0.3 is 14.8 Å². The van der Waals surface area contributed by atoms with Crippen LogP contribution in [0.3, 0.4) is 0 Å². The van der Waals surface area contributed by atoms with Gasteiger partial charge in [-0.15, -0.1) is 0 Å². The van der Waals surface area contributed by atoms with Crippen LogP contribution >= 0.6 is 0 Å². The summed E-state index contributed by atoms with van der Waals surface area (Å²) in [7, 11) is -0.668. The Bertz CT molecular complexity index is 1340. The number of carbonyl (C=O) groups excluding carboxylic acids is 1. The molecule has 198 valence electrons. The molecule has 11 heteroatoms. The first-order chi connectivity index (χ1) is 17.7. The van der Waals surface area contributed by atoms with Crippen LogP contribution in [0.4, 0.5) is 5.82 Å². The highest BCUT2D eigenvalue weighted by Crippen LogP contribution is 2.24. The molecule has 0 spiro atoms. The van der Waals surface area contributed by atoms with Crippen LogP contribution in [-0.4, -0.2) is 80.0 Å². The number of carbonyl (C=O) groups is 1. The lowest BCUT2D eigenvalue weighted by Crippen LogP contribution is -2.48. The Morgan fingerprint density at radius 2 is 1.68 bits per heavy atom. The number of nitrogens with one attached hydrogen (secondary N) is 1. The number of hydrogen-bond acceptors (Lipinski definition) is 9. The zero-order valence-electron chi connectivity index (χ0n) is 21.5. The number of sulfonamides is 1. The Kier molecular flexibility index (Phi) is 8.25. The summed E-state index contributed by atoms with van der Waals surface area (Å²) in [5.74, 6) is 1.42. The summed E-state index contributed by atoms with van der Waals surface area (Å²) in [6.45, 7) is 6.17. The third-order valence-electron chi connectivity index (χ3n) is 6.46. The second-order valence-electron chi connectivity index (χ2n) is 9.25. The summed E-state index contributed by atoms with van der Waals surface area (Å²) in [4.78, 5) is 24.2. The first-order valence-electron chi connectivity index (χ1n) is 12.2. The average Bonchev–Trinajstić information content (AvgIpc) is 2.91. The number of methoxy groups -OCH3 is 2. The number of fused-ring (bicyclic) bond motifs is 1. The molecule has 0 aliphatic carbocycles. The van der Waals surface area contributed by atoms with E-state index >= 15 is 0 Å². The van der Waals surface area contributed by atoms with E-state index in [1.165, 1.54) is 11.4 Å². The smallest absolute Gasteiger partial charge is 0.328 e. The van der Waals surface area contributed by atoms with E-state index < -0.39 is 16.1 Å². The van der Waals surface area contributed by atoms with E-state index in [0.717, 1.165) is 10.9 Å². The number of anilines is 1. The molecule has 0 amide bonds. The van der Waals surface area contributed by atoms with Crippen LogP contribution in [0, 0.1) is 5.92 Å². The highest BCUT2D eigenvalue weighted by Gasteiger charge is 2.29. The summed E-state index contributed by atoms with van der Waals surface area (Å²) in [5.41, 5.74) is 0.767. The lowest BCUT2D eigenvalue weighted by Gasteiger charge is -2.33. The first kappa shape index (κ1) is 26.8. The predicted octanol–water partition coefficient (Wildman–Crippen LogP) is 2.75. The fourth-order valence-electron chi connectivity index (χ4n) is 4.30. The van der Waals surface area contributed by atoms with Crippen molar-refractivity contribution in [2.75, 3.05) is 45.7 Å². The number of rotatable bonds is 9. The third-order valence-corrected chi connectivity index (χ3v) is 8.37. The molecule has 0 saturated carbocycles. The fourth-order valence-corrected chi connectivity index (χ4v) is 5.72. The third kappa shape index (κ3) is 6.00. The van der Waals surface area contributed by atoms with E-state index in [1.807, 2.05) is 38.1 Å². The number of para-hydroxylation sites is 1. The molecule has 10 nitrogen and oxygen atoms in total. The van der Waals surface area contributed by atoms with Gasteiger partial charge in [0, 0.05) is 31.6 Å². The molecule has 1 aliphatic rings. The lowest BCUT2D eigenvalue weighted by atomic mass is 10.0. The van der Waals surface area contributed by atoms with Crippen molar-refractivity contribution in [3.63, 3.8) is 0 Å². The average molecular weight is 528 g/mol. The maximum absolute atomic E-state index is 13.1. The maximum Gasteiger partial charge on any atom is 0.328 e. The Morgan fingerprint density at radius 1 is 1.00 bits per heavy atom. The largest absolute Gasteiger partial charge is 0.497 e. The number of nitrogens with zero attached hydrogens (tertiary/aromatic N) is 4. The number of benzene rings is 2. The predicted molar refractivity (Wildman–Crippen MR) is 141 cm³/mol. The topological polar surface area (TPSA) is 114 Å². The highest BCUT2D eigenvalue weighted by atomic mass is 32.2. The minimum atomic E-state index is -3.59. The van der Waals surface area contributed by atoms with Crippen LogP contribution < -0.4 is 10.1 Å². The Balaban J connectivity index is 1.49. The molecule has 37 heavy (non-hydrogen) atoms. The summed E-state index contributed by atoms with van der Waals surface area (Å²) in [5, 5.41) is 4.08. The molecular weight excluding hydrogens is 494 g/mol. The monoisotopic (exact) mass is 527 g/mol. The molecular formula is C26H33N5O5S. The Labute approximate surface area is 217 Å². The molecule has 3 aromatic rings. The van der Waals surface area contributed by atoms with Gasteiger partial charge in [0.2, 0.25) is 10.0 Å². The van der Waals surface area contributed by atoms with Crippen molar-refractivity contribution in [3.05, 3.63) is 54.4 Å². The zero-order valence-corrected chi connectivity index (χ0v) is 22.4. The minimum Gasteiger partial charge on any atom is -0.497 e. The van der Waals surface area contributed by atoms with E-state index in [4.69, 9.17) is 19.4 Å². The van der Waals surface area contributed by atoms with Crippen molar-refractivity contribution in [2.45, 2.75) is 31.3 Å². The molecule has 4 rings (SSSR count). The Hall–Kier alpha value is -3.28. The van der Waals surface area contributed by atoms with Crippen LogP contribution in [0.15, 0.2) is 53.4 Å². The molecule has 2 aromatic carbocycles. The number of esters is 1. The summed E-state index contributed by atoms with van der Waals surface area (Å²) in [6.07, 6.45) is 0. The molecule has 1 atom stereocenters. The molecule has 1 saturated heterocycles. The van der Waals surface area contributed by atoms with Gasteiger partial charge in [-0.25, -0.2) is 23.2 Å². The maximum atomic E-state index is 13.1. The fraction of sp³-hybridized carbons (Fsp3) is 0.423. The van der Waals surface area contributed by atoms with Gasteiger partial charge in [-0.3, -0.25) is 4.90 Å². The van der Waals surface area contributed by atoms with Gasteiger partial charge >= 0.3 is 5.97 Å². The number of ether oxygens (including phenoxy) is 2. The normalized spacial score (nSPS) is 16.0. The molecule has 1 fully saturated rings. The van der Waals surface area contributed by atoms with Crippen molar-refractivity contribution in [1.29, 1.82) is 0 Å². The van der Waals surface area contributed by atoms with Gasteiger partial charge in [0.05, 0.1) is 31.2 Å². The second kappa shape index (κ2) is 11.4. The van der Waals surface area contributed by atoms with Crippen molar-refractivity contribution in [2.24, 2.45) is 5.92 Å². The molecule has 1 aliphatic heterocycles. The quantitative estimate of drug-likeness (QED) is 0.420. The molecule has 1 aromatic heterocycles. The highest BCUT2D eigenvalue weighted by molar-refractivity contribution is 7.89. The summed E-state index contributed by atoms with van der Waals surface area (Å²) >= 11 is 0. The van der Waals surface area contributed by atoms with Gasteiger partial charge in [0.1, 0.15) is 23.4 Å². The molecule has 1 N–H and O–H groups in total. The van der Waals surface area contributed by atoms with Crippen LogP contribution in [-0.2, 0) is 26.1 Å². The van der Waals surface area contributed by atoms with Crippen LogP contribution in [0.1, 0.15) is 19.7 Å². The van der Waals surface area contributed by atoms with Crippen molar-refractivity contribution in [1.82, 2.24) is 19.2 Å². The van der Waals surface area contributed by atoms with E-state index in [-0.39, 0.29) is 16.8 Å².